The summed E-state index contributed by atoms with van der Waals surface area (Å²) in [6.45, 7) is 4.76. The van der Waals surface area contributed by atoms with Gasteiger partial charge in [-0.05, 0) is 13.8 Å². The van der Waals surface area contributed by atoms with E-state index in [1.807, 2.05) is 13.8 Å². The van der Waals surface area contributed by atoms with Gasteiger partial charge in [0.15, 0.2) is 6.61 Å². The molecule has 1 amide bonds. The molecule has 11 heavy (non-hydrogen) atoms. The molecule has 0 aromatic rings. The molecule has 4 heteroatoms. The molecule has 4 nitrogen and oxygen atoms in total. The fourth-order valence-electron chi connectivity index (χ4n) is 0.531. The molecule has 0 aliphatic rings. The minimum atomic E-state index is -0.441. The molecular formula is C7H13NO3. The van der Waals surface area contributed by atoms with E-state index in [1.54, 1.807) is 0 Å². The first-order chi connectivity index (χ1) is 5.02. The van der Waals surface area contributed by atoms with Gasteiger partial charge in [0, 0.05) is 13.0 Å². The molecule has 0 heterocycles. The van der Waals surface area contributed by atoms with Crippen molar-refractivity contribution in [2.45, 2.75) is 26.8 Å². The Morgan fingerprint density at radius 2 is 2.00 bits per heavy atom. The minimum Gasteiger partial charge on any atom is -0.456 e. The molecule has 0 unspecified atom stereocenters. The zero-order valence-corrected chi connectivity index (χ0v) is 7.01. The van der Waals surface area contributed by atoms with Gasteiger partial charge in [-0.2, -0.15) is 0 Å². The van der Waals surface area contributed by atoms with Gasteiger partial charge in [-0.1, -0.05) is 0 Å². The smallest absolute Gasteiger partial charge is 0.303 e. The molecule has 0 radical (unpaired) electrons. The number of ether oxygens (including phenoxy) is 1. The first-order valence-electron chi connectivity index (χ1n) is 3.45. The summed E-state index contributed by atoms with van der Waals surface area (Å²) in [5, 5.41) is 2.58. The number of carbonyl (C=O) groups excluding carboxylic acids is 2. The number of nitrogens with one attached hydrogen (secondary N) is 1. The Balaban J connectivity index is 3.45. The van der Waals surface area contributed by atoms with E-state index in [0.717, 1.165) is 0 Å². The van der Waals surface area contributed by atoms with Crippen LogP contribution in [-0.2, 0) is 14.3 Å². The summed E-state index contributed by atoms with van der Waals surface area (Å²) in [6.07, 6.45) is 0. The third-order valence-corrected chi connectivity index (χ3v) is 0.856. The Morgan fingerprint density at radius 3 is 2.36 bits per heavy atom. The van der Waals surface area contributed by atoms with Crippen molar-refractivity contribution in [1.82, 2.24) is 5.32 Å². The summed E-state index contributed by atoms with van der Waals surface area (Å²) in [7, 11) is 0. The summed E-state index contributed by atoms with van der Waals surface area (Å²) in [5.74, 6) is -0.709. The lowest BCUT2D eigenvalue weighted by Crippen LogP contribution is -2.33. The van der Waals surface area contributed by atoms with Crippen LogP contribution in [0.15, 0.2) is 0 Å². The molecule has 0 spiro atoms. The van der Waals surface area contributed by atoms with Crippen LogP contribution in [0.3, 0.4) is 0 Å². The largest absolute Gasteiger partial charge is 0.456 e. The Bertz CT molecular complexity index is 154. The van der Waals surface area contributed by atoms with Crippen LogP contribution in [-0.4, -0.2) is 24.5 Å². The fourth-order valence-corrected chi connectivity index (χ4v) is 0.531. The van der Waals surface area contributed by atoms with Crippen molar-refractivity contribution < 1.29 is 14.3 Å². The second-order valence-corrected chi connectivity index (χ2v) is 2.50. The molecule has 0 saturated heterocycles. The maximum absolute atomic E-state index is 10.8. The average molecular weight is 159 g/mol. The van der Waals surface area contributed by atoms with E-state index in [9.17, 15) is 9.59 Å². The topological polar surface area (TPSA) is 55.4 Å². The lowest BCUT2D eigenvalue weighted by molar-refractivity contribution is -0.146. The van der Waals surface area contributed by atoms with Gasteiger partial charge in [-0.3, -0.25) is 9.59 Å². The fraction of sp³-hybridized carbons (Fsp3) is 0.714. The first-order valence-corrected chi connectivity index (χ1v) is 3.45. The van der Waals surface area contributed by atoms with Crippen molar-refractivity contribution in [2.75, 3.05) is 6.61 Å². The normalized spacial score (nSPS) is 9.45. The zero-order chi connectivity index (χ0) is 8.85. The van der Waals surface area contributed by atoms with E-state index < -0.39 is 5.97 Å². The first kappa shape index (κ1) is 9.94. The van der Waals surface area contributed by atoms with E-state index in [0.29, 0.717) is 0 Å². The van der Waals surface area contributed by atoms with Crippen LogP contribution in [0.25, 0.3) is 0 Å². The van der Waals surface area contributed by atoms with Gasteiger partial charge in [0.25, 0.3) is 5.91 Å². The van der Waals surface area contributed by atoms with Gasteiger partial charge < -0.3 is 10.1 Å². The van der Waals surface area contributed by atoms with Crippen molar-refractivity contribution in [3.63, 3.8) is 0 Å². The van der Waals surface area contributed by atoms with Crippen molar-refractivity contribution in [3.8, 4) is 0 Å². The maximum Gasteiger partial charge on any atom is 0.303 e. The summed E-state index contributed by atoms with van der Waals surface area (Å²) in [5.41, 5.74) is 0. The molecule has 0 bridgehead atoms. The number of carbonyl (C=O) groups is 2. The molecule has 0 atom stereocenters. The molecule has 0 rings (SSSR count). The molecule has 64 valence electrons. The van der Waals surface area contributed by atoms with Gasteiger partial charge in [0.2, 0.25) is 0 Å². The minimum absolute atomic E-state index is 0.0815. The Labute approximate surface area is 65.9 Å². The third kappa shape index (κ3) is 6.83. The van der Waals surface area contributed by atoms with Crippen LogP contribution >= 0.6 is 0 Å². The van der Waals surface area contributed by atoms with E-state index in [1.165, 1.54) is 6.92 Å². The van der Waals surface area contributed by atoms with Crippen LogP contribution in [0.2, 0.25) is 0 Å². The number of amides is 1. The van der Waals surface area contributed by atoms with Crippen LogP contribution < -0.4 is 5.32 Å². The quantitative estimate of drug-likeness (QED) is 0.593. The predicted octanol–water partition coefficient (Wildman–Crippen LogP) is 0.0741. The lowest BCUT2D eigenvalue weighted by Gasteiger charge is -2.07. The Kier molecular flexibility index (Phi) is 4.26. The highest BCUT2D eigenvalue weighted by Gasteiger charge is 2.03. The zero-order valence-electron chi connectivity index (χ0n) is 7.01. The Morgan fingerprint density at radius 1 is 1.45 bits per heavy atom. The van der Waals surface area contributed by atoms with Crippen molar-refractivity contribution in [3.05, 3.63) is 0 Å². The van der Waals surface area contributed by atoms with Crippen molar-refractivity contribution in [2.24, 2.45) is 0 Å². The van der Waals surface area contributed by atoms with Crippen LogP contribution in [0, 0.1) is 0 Å². The average Bonchev–Trinajstić information content (AvgIpc) is 1.82. The summed E-state index contributed by atoms with van der Waals surface area (Å²) in [4.78, 5) is 21.0. The monoisotopic (exact) mass is 159 g/mol. The summed E-state index contributed by atoms with van der Waals surface area (Å²) >= 11 is 0. The number of esters is 1. The standard InChI is InChI=1S/C7H13NO3/c1-5(2)8-7(10)4-11-6(3)9/h5H,4H2,1-3H3,(H,8,10). The van der Waals surface area contributed by atoms with Gasteiger partial charge in [-0.15, -0.1) is 0 Å². The van der Waals surface area contributed by atoms with E-state index >= 15 is 0 Å². The highest BCUT2D eigenvalue weighted by Crippen LogP contribution is 1.80. The molecule has 0 aromatic carbocycles. The second kappa shape index (κ2) is 4.71. The third-order valence-electron chi connectivity index (χ3n) is 0.856. The SMILES string of the molecule is CC(=O)OCC(=O)NC(C)C. The lowest BCUT2D eigenvalue weighted by atomic mass is 10.4. The summed E-state index contributed by atoms with van der Waals surface area (Å²) < 4.78 is 4.45. The molecule has 0 aliphatic heterocycles. The van der Waals surface area contributed by atoms with E-state index in [2.05, 4.69) is 10.1 Å². The van der Waals surface area contributed by atoms with Crippen LogP contribution in [0.5, 0.6) is 0 Å². The molecular weight excluding hydrogens is 146 g/mol. The molecule has 0 fully saturated rings. The second-order valence-electron chi connectivity index (χ2n) is 2.50. The molecule has 0 aliphatic carbocycles. The van der Waals surface area contributed by atoms with Crippen molar-refractivity contribution >= 4 is 11.9 Å². The highest BCUT2D eigenvalue weighted by atomic mass is 16.5. The molecule has 0 aromatic heterocycles. The van der Waals surface area contributed by atoms with E-state index in [-0.39, 0.29) is 18.6 Å². The number of rotatable bonds is 3. The van der Waals surface area contributed by atoms with E-state index in [4.69, 9.17) is 0 Å². The highest BCUT2D eigenvalue weighted by molar-refractivity contribution is 5.80. The molecule has 0 saturated carbocycles. The van der Waals surface area contributed by atoms with Gasteiger partial charge in [0.1, 0.15) is 0 Å². The molecule has 1 N–H and O–H groups in total. The van der Waals surface area contributed by atoms with Crippen LogP contribution in [0.1, 0.15) is 20.8 Å². The predicted molar refractivity (Wildman–Crippen MR) is 39.9 cm³/mol. The summed E-state index contributed by atoms with van der Waals surface area (Å²) in [6, 6.07) is 0.0815. The maximum atomic E-state index is 10.8. The van der Waals surface area contributed by atoms with Gasteiger partial charge in [-0.25, -0.2) is 0 Å². The van der Waals surface area contributed by atoms with Gasteiger partial charge in [0.05, 0.1) is 0 Å². The van der Waals surface area contributed by atoms with Crippen LogP contribution in [0.4, 0.5) is 0 Å². The number of hydrogen-bond acceptors (Lipinski definition) is 3. The van der Waals surface area contributed by atoms with Crippen molar-refractivity contribution in [1.29, 1.82) is 0 Å². The Hall–Kier alpha value is -1.06. The number of hydrogen-bond donors (Lipinski definition) is 1. The van der Waals surface area contributed by atoms with Gasteiger partial charge >= 0.3 is 5.97 Å².